The first kappa shape index (κ1) is 13.0. The van der Waals surface area contributed by atoms with Gasteiger partial charge in [0, 0.05) is 51.1 Å². The van der Waals surface area contributed by atoms with E-state index >= 15 is 0 Å². The van der Waals surface area contributed by atoms with Crippen LogP contribution in [0.1, 0.15) is 39.5 Å². The van der Waals surface area contributed by atoms with Crippen LogP contribution in [0.25, 0.3) is 0 Å². The van der Waals surface area contributed by atoms with Crippen LogP contribution in [0.2, 0.25) is 0 Å². The van der Waals surface area contributed by atoms with Crippen LogP contribution >= 0.6 is 0 Å². The molecule has 0 radical (unpaired) electrons. The van der Waals surface area contributed by atoms with E-state index in [0.29, 0.717) is 17.7 Å². The van der Waals surface area contributed by atoms with Gasteiger partial charge in [-0.1, -0.05) is 6.92 Å². The summed E-state index contributed by atoms with van der Waals surface area (Å²) in [6.07, 6.45) is 4.32. The van der Waals surface area contributed by atoms with E-state index in [-0.39, 0.29) is 0 Å². The molecule has 98 valence electrons. The van der Waals surface area contributed by atoms with Gasteiger partial charge in [-0.15, -0.1) is 0 Å². The van der Waals surface area contributed by atoms with Crippen LogP contribution in [0.3, 0.4) is 0 Å². The second-order valence-electron chi connectivity index (χ2n) is 5.65. The number of nitrogens with zero attached hydrogens (tertiary/aromatic N) is 2. The molecule has 1 aliphatic carbocycles. The highest BCUT2D eigenvalue weighted by atomic mass is 16.1. The fraction of sp³-hybridized carbons (Fsp3) is 0.929. The van der Waals surface area contributed by atoms with Gasteiger partial charge >= 0.3 is 0 Å². The average molecular weight is 238 g/mol. The standard InChI is InChI=1S/C14H26N2O/c1-3-12(2)16-9-7-15(8-10-16)11-13-5-4-6-14(13)17/h12-13H,3-11H2,1-2H3. The van der Waals surface area contributed by atoms with Crippen molar-refractivity contribution in [1.29, 1.82) is 0 Å². The second-order valence-corrected chi connectivity index (χ2v) is 5.65. The molecule has 17 heavy (non-hydrogen) atoms. The van der Waals surface area contributed by atoms with Crippen molar-refractivity contribution in [1.82, 2.24) is 9.80 Å². The summed E-state index contributed by atoms with van der Waals surface area (Å²) in [5, 5.41) is 0. The predicted molar refractivity (Wildman–Crippen MR) is 70.1 cm³/mol. The Hall–Kier alpha value is -0.410. The first-order valence-corrected chi connectivity index (χ1v) is 7.19. The van der Waals surface area contributed by atoms with Gasteiger partial charge in [0.1, 0.15) is 5.78 Å². The molecular formula is C14H26N2O. The molecule has 2 aliphatic rings. The van der Waals surface area contributed by atoms with Gasteiger partial charge in [0.2, 0.25) is 0 Å². The van der Waals surface area contributed by atoms with Crippen molar-refractivity contribution in [2.45, 2.75) is 45.6 Å². The van der Waals surface area contributed by atoms with Crippen molar-refractivity contribution in [2.75, 3.05) is 32.7 Å². The van der Waals surface area contributed by atoms with Crippen LogP contribution in [-0.2, 0) is 4.79 Å². The lowest BCUT2D eigenvalue weighted by Gasteiger charge is -2.38. The van der Waals surface area contributed by atoms with Gasteiger partial charge in [-0.3, -0.25) is 9.69 Å². The Kier molecular flexibility index (Phi) is 4.57. The molecular weight excluding hydrogens is 212 g/mol. The largest absolute Gasteiger partial charge is 0.300 e. The minimum absolute atomic E-state index is 0.352. The van der Waals surface area contributed by atoms with Crippen LogP contribution in [0.5, 0.6) is 0 Å². The first-order chi connectivity index (χ1) is 8.20. The topological polar surface area (TPSA) is 23.6 Å². The van der Waals surface area contributed by atoms with Crippen molar-refractivity contribution in [3.05, 3.63) is 0 Å². The highest BCUT2D eigenvalue weighted by Crippen LogP contribution is 2.22. The molecule has 2 atom stereocenters. The smallest absolute Gasteiger partial charge is 0.137 e. The summed E-state index contributed by atoms with van der Waals surface area (Å²) in [6.45, 7) is 10.2. The zero-order valence-corrected chi connectivity index (χ0v) is 11.3. The van der Waals surface area contributed by atoms with E-state index in [0.717, 1.165) is 38.9 Å². The Morgan fingerprint density at radius 3 is 2.53 bits per heavy atom. The minimum Gasteiger partial charge on any atom is -0.300 e. The number of ketones is 1. The van der Waals surface area contributed by atoms with E-state index in [1.54, 1.807) is 0 Å². The van der Waals surface area contributed by atoms with Gasteiger partial charge in [-0.25, -0.2) is 0 Å². The van der Waals surface area contributed by atoms with E-state index < -0.39 is 0 Å². The van der Waals surface area contributed by atoms with E-state index in [1.807, 2.05) is 0 Å². The number of carbonyl (C=O) groups is 1. The molecule has 0 bridgehead atoms. The maximum absolute atomic E-state index is 11.6. The normalized spacial score (nSPS) is 29.8. The number of Topliss-reactive ketones (excluding diaryl/α,β-unsaturated/α-hetero) is 1. The Bertz CT molecular complexity index is 259. The average Bonchev–Trinajstić information content (AvgIpc) is 2.75. The Balaban J connectivity index is 1.73. The summed E-state index contributed by atoms with van der Waals surface area (Å²) in [5.74, 6) is 0.861. The molecule has 1 saturated heterocycles. The highest BCUT2D eigenvalue weighted by molar-refractivity contribution is 5.83. The fourth-order valence-electron chi connectivity index (χ4n) is 3.04. The van der Waals surface area contributed by atoms with E-state index in [1.165, 1.54) is 19.5 Å². The monoisotopic (exact) mass is 238 g/mol. The van der Waals surface area contributed by atoms with E-state index in [2.05, 4.69) is 23.6 Å². The molecule has 3 nitrogen and oxygen atoms in total. The van der Waals surface area contributed by atoms with Gasteiger partial charge in [-0.2, -0.15) is 0 Å². The van der Waals surface area contributed by atoms with Crippen molar-refractivity contribution >= 4 is 5.78 Å². The lowest BCUT2D eigenvalue weighted by molar-refractivity contribution is -0.121. The summed E-state index contributed by atoms with van der Waals surface area (Å²) >= 11 is 0. The number of rotatable bonds is 4. The lowest BCUT2D eigenvalue weighted by atomic mass is 10.1. The molecule has 0 aromatic rings. The van der Waals surface area contributed by atoms with Gasteiger partial charge < -0.3 is 4.90 Å². The predicted octanol–water partition coefficient (Wildman–Crippen LogP) is 1.77. The van der Waals surface area contributed by atoms with Crippen LogP contribution in [0.15, 0.2) is 0 Å². The summed E-state index contributed by atoms with van der Waals surface area (Å²) in [5.41, 5.74) is 0. The van der Waals surface area contributed by atoms with Crippen LogP contribution in [0, 0.1) is 5.92 Å². The molecule has 0 spiro atoms. The molecule has 2 fully saturated rings. The summed E-state index contributed by atoms with van der Waals surface area (Å²) in [6, 6.07) is 0.713. The number of hydrogen-bond acceptors (Lipinski definition) is 3. The van der Waals surface area contributed by atoms with E-state index in [4.69, 9.17) is 0 Å². The SMILES string of the molecule is CCC(C)N1CCN(CC2CCCC2=O)CC1. The quantitative estimate of drug-likeness (QED) is 0.746. The van der Waals surface area contributed by atoms with Crippen LogP contribution in [-0.4, -0.2) is 54.3 Å². The third-order valence-corrected chi connectivity index (χ3v) is 4.53. The summed E-state index contributed by atoms with van der Waals surface area (Å²) in [7, 11) is 0. The summed E-state index contributed by atoms with van der Waals surface area (Å²) < 4.78 is 0. The van der Waals surface area contributed by atoms with Crippen molar-refractivity contribution in [3.8, 4) is 0 Å². The van der Waals surface area contributed by atoms with Crippen molar-refractivity contribution in [2.24, 2.45) is 5.92 Å². The molecule has 2 unspecified atom stereocenters. The molecule has 2 rings (SSSR count). The molecule has 0 aromatic heterocycles. The maximum Gasteiger partial charge on any atom is 0.137 e. The van der Waals surface area contributed by atoms with Crippen molar-refractivity contribution in [3.63, 3.8) is 0 Å². The lowest BCUT2D eigenvalue weighted by Crippen LogP contribution is -2.50. The number of carbonyl (C=O) groups excluding carboxylic acids is 1. The third kappa shape index (κ3) is 3.29. The zero-order valence-electron chi connectivity index (χ0n) is 11.3. The molecule has 1 saturated carbocycles. The Labute approximate surface area is 105 Å². The highest BCUT2D eigenvalue weighted by Gasteiger charge is 2.28. The molecule has 0 aromatic carbocycles. The fourth-order valence-corrected chi connectivity index (χ4v) is 3.04. The molecule has 1 aliphatic heterocycles. The minimum atomic E-state index is 0.352. The molecule has 3 heteroatoms. The maximum atomic E-state index is 11.6. The summed E-state index contributed by atoms with van der Waals surface area (Å²) in [4.78, 5) is 16.7. The van der Waals surface area contributed by atoms with Gasteiger partial charge in [0.15, 0.2) is 0 Å². The van der Waals surface area contributed by atoms with E-state index in [9.17, 15) is 4.79 Å². The first-order valence-electron chi connectivity index (χ1n) is 7.19. The van der Waals surface area contributed by atoms with Gasteiger partial charge in [-0.05, 0) is 26.2 Å². The van der Waals surface area contributed by atoms with Crippen molar-refractivity contribution < 1.29 is 4.79 Å². The van der Waals surface area contributed by atoms with Gasteiger partial charge in [0.25, 0.3) is 0 Å². The molecule has 0 N–H and O–H groups in total. The third-order valence-electron chi connectivity index (χ3n) is 4.53. The van der Waals surface area contributed by atoms with Gasteiger partial charge in [0.05, 0.1) is 0 Å². The number of piperazine rings is 1. The molecule has 0 amide bonds. The second kappa shape index (κ2) is 5.96. The van der Waals surface area contributed by atoms with Crippen LogP contribution in [0.4, 0.5) is 0 Å². The zero-order chi connectivity index (χ0) is 12.3. The van der Waals surface area contributed by atoms with Crippen LogP contribution < -0.4 is 0 Å². The number of hydrogen-bond donors (Lipinski definition) is 0. The Morgan fingerprint density at radius 2 is 2.00 bits per heavy atom. The Morgan fingerprint density at radius 1 is 1.29 bits per heavy atom. The molecule has 1 heterocycles.